The van der Waals surface area contributed by atoms with E-state index in [0.29, 0.717) is 24.6 Å². The summed E-state index contributed by atoms with van der Waals surface area (Å²) in [4.78, 5) is 14.1. The van der Waals surface area contributed by atoms with Gasteiger partial charge in [-0.2, -0.15) is 0 Å². The van der Waals surface area contributed by atoms with Crippen LogP contribution < -0.4 is 14.8 Å². The van der Waals surface area contributed by atoms with E-state index in [1.54, 1.807) is 14.2 Å². The van der Waals surface area contributed by atoms with Crippen LogP contribution in [0.1, 0.15) is 11.1 Å². The van der Waals surface area contributed by atoms with E-state index in [-0.39, 0.29) is 5.91 Å². The topological polar surface area (TPSA) is 50.8 Å². The van der Waals surface area contributed by atoms with E-state index in [2.05, 4.69) is 5.32 Å². The number of methoxy groups -OCH3 is 2. The molecule has 0 radical (unpaired) electrons. The first kappa shape index (κ1) is 17.8. The molecule has 128 valence electrons. The van der Waals surface area contributed by atoms with Crippen molar-refractivity contribution in [3.05, 3.63) is 53.6 Å². The van der Waals surface area contributed by atoms with Gasteiger partial charge in [0.25, 0.3) is 0 Å². The molecule has 0 unspecified atom stereocenters. The Balaban J connectivity index is 1.91. The molecule has 0 saturated heterocycles. The number of nitrogens with one attached hydrogen (secondary N) is 1. The molecule has 0 fully saturated rings. The van der Waals surface area contributed by atoms with E-state index in [0.717, 1.165) is 11.3 Å². The van der Waals surface area contributed by atoms with Gasteiger partial charge in [0.05, 0.1) is 20.8 Å². The molecule has 5 heteroatoms. The largest absolute Gasteiger partial charge is 0.493 e. The average molecular weight is 328 g/mol. The Kier molecular flexibility index (Phi) is 6.21. The molecule has 5 nitrogen and oxygen atoms in total. The molecule has 0 spiro atoms. The van der Waals surface area contributed by atoms with Gasteiger partial charge < -0.3 is 14.8 Å². The normalized spacial score (nSPS) is 10.5. The van der Waals surface area contributed by atoms with Gasteiger partial charge in [-0.15, -0.1) is 0 Å². The van der Waals surface area contributed by atoms with Crippen molar-refractivity contribution in [1.82, 2.24) is 4.90 Å². The molecule has 1 amide bonds. The Hall–Kier alpha value is -2.53. The number of carbonyl (C=O) groups is 1. The molecule has 2 rings (SSSR count). The second-order valence-electron chi connectivity index (χ2n) is 5.78. The van der Waals surface area contributed by atoms with E-state index in [1.807, 2.05) is 61.3 Å². The zero-order chi connectivity index (χ0) is 17.5. The fourth-order valence-electron chi connectivity index (χ4n) is 2.43. The lowest BCUT2D eigenvalue weighted by molar-refractivity contribution is -0.117. The molecule has 2 aromatic rings. The van der Waals surface area contributed by atoms with Crippen LogP contribution in [0.25, 0.3) is 0 Å². The van der Waals surface area contributed by atoms with Gasteiger partial charge in [-0.25, -0.2) is 0 Å². The van der Waals surface area contributed by atoms with Crippen molar-refractivity contribution in [2.75, 3.05) is 33.1 Å². The first-order valence-corrected chi connectivity index (χ1v) is 7.78. The highest BCUT2D eigenvalue weighted by Crippen LogP contribution is 2.27. The summed E-state index contributed by atoms with van der Waals surface area (Å²) in [6.45, 7) is 2.96. The molecular weight excluding hydrogens is 304 g/mol. The summed E-state index contributed by atoms with van der Waals surface area (Å²) in [5.74, 6) is 1.34. The second-order valence-corrected chi connectivity index (χ2v) is 5.78. The minimum absolute atomic E-state index is 0.0400. The number of ether oxygens (including phenoxy) is 2. The molecule has 2 aromatic carbocycles. The third-order valence-electron chi connectivity index (χ3n) is 3.65. The van der Waals surface area contributed by atoms with Gasteiger partial charge in [-0.1, -0.05) is 23.8 Å². The van der Waals surface area contributed by atoms with E-state index in [1.165, 1.54) is 5.56 Å². The molecule has 0 aliphatic heterocycles. The van der Waals surface area contributed by atoms with Crippen molar-refractivity contribution in [1.29, 1.82) is 0 Å². The van der Waals surface area contributed by atoms with Crippen LogP contribution in [0.3, 0.4) is 0 Å². The number of nitrogens with zero attached hydrogens (tertiary/aromatic N) is 1. The molecule has 0 atom stereocenters. The average Bonchev–Trinajstić information content (AvgIpc) is 2.56. The van der Waals surface area contributed by atoms with E-state index >= 15 is 0 Å². The number of aryl methyl sites for hydroxylation is 1. The van der Waals surface area contributed by atoms with Gasteiger partial charge in [0.1, 0.15) is 0 Å². The summed E-state index contributed by atoms with van der Waals surface area (Å²) in [6.07, 6.45) is 0. The van der Waals surface area contributed by atoms with Crippen LogP contribution in [0.2, 0.25) is 0 Å². The number of anilines is 1. The van der Waals surface area contributed by atoms with Crippen molar-refractivity contribution in [3.8, 4) is 11.5 Å². The van der Waals surface area contributed by atoms with Crippen molar-refractivity contribution in [2.24, 2.45) is 0 Å². The van der Waals surface area contributed by atoms with Crippen LogP contribution in [-0.2, 0) is 11.3 Å². The Morgan fingerprint density at radius 1 is 1.04 bits per heavy atom. The summed E-state index contributed by atoms with van der Waals surface area (Å²) in [5.41, 5.74) is 3.03. The Bertz CT molecular complexity index is 684. The monoisotopic (exact) mass is 328 g/mol. The SMILES string of the molecule is COc1ccc(CN(C)CC(=O)Nc2ccc(C)cc2)cc1OC. The highest BCUT2D eigenvalue weighted by molar-refractivity contribution is 5.92. The number of likely N-dealkylation sites (N-methyl/N-ethyl adjacent to an activating group) is 1. The Labute approximate surface area is 143 Å². The van der Waals surface area contributed by atoms with Crippen molar-refractivity contribution in [2.45, 2.75) is 13.5 Å². The molecule has 0 aromatic heterocycles. The molecule has 0 aliphatic carbocycles. The molecule has 0 bridgehead atoms. The van der Waals surface area contributed by atoms with E-state index in [4.69, 9.17) is 9.47 Å². The lowest BCUT2D eigenvalue weighted by Gasteiger charge is -2.17. The minimum Gasteiger partial charge on any atom is -0.493 e. The van der Waals surface area contributed by atoms with Crippen molar-refractivity contribution in [3.63, 3.8) is 0 Å². The third kappa shape index (κ3) is 4.99. The highest BCUT2D eigenvalue weighted by atomic mass is 16.5. The van der Waals surface area contributed by atoms with Gasteiger partial charge in [-0.05, 0) is 43.8 Å². The van der Waals surface area contributed by atoms with E-state index in [9.17, 15) is 4.79 Å². The summed E-state index contributed by atoms with van der Waals surface area (Å²) in [5, 5.41) is 2.90. The number of hydrogen-bond donors (Lipinski definition) is 1. The van der Waals surface area contributed by atoms with Crippen LogP contribution in [0.4, 0.5) is 5.69 Å². The summed E-state index contributed by atoms with van der Waals surface area (Å²) >= 11 is 0. The predicted molar refractivity (Wildman–Crippen MR) is 95.7 cm³/mol. The quantitative estimate of drug-likeness (QED) is 0.848. The maximum absolute atomic E-state index is 12.1. The maximum Gasteiger partial charge on any atom is 0.238 e. The molecule has 1 N–H and O–H groups in total. The maximum atomic E-state index is 12.1. The van der Waals surface area contributed by atoms with Crippen LogP contribution in [0.5, 0.6) is 11.5 Å². The summed E-state index contributed by atoms with van der Waals surface area (Å²) < 4.78 is 10.5. The Morgan fingerprint density at radius 3 is 2.33 bits per heavy atom. The first-order chi connectivity index (χ1) is 11.5. The number of benzene rings is 2. The molecular formula is C19H24N2O3. The fraction of sp³-hybridized carbons (Fsp3) is 0.316. The molecule has 0 saturated carbocycles. The third-order valence-corrected chi connectivity index (χ3v) is 3.65. The summed E-state index contributed by atoms with van der Waals surface area (Å²) in [7, 11) is 5.13. The number of carbonyl (C=O) groups excluding carboxylic acids is 1. The lowest BCUT2D eigenvalue weighted by Crippen LogP contribution is -2.29. The smallest absolute Gasteiger partial charge is 0.238 e. The van der Waals surface area contributed by atoms with Gasteiger partial charge >= 0.3 is 0 Å². The zero-order valence-electron chi connectivity index (χ0n) is 14.6. The fourth-order valence-corrected chi connectivity index (χ4v) is 2.43. The predicted octanol–water partition coefficient (Wildman–Crippen LogP) is 3.08. The number of amides is 1. The minimum atomic E-state index is -0.0400. The van der Waals surface area contributed by atoms with Crippen LogP contribution >= 0.6 is 0 Å². The Morgan fingerprint density at radius 2 is 1.71 bits per heavy atom. The first-order valence-electron chi connectivity index (χ1n) is 7.78. The van der Waals surface area contributed by atoms with Crippen molar-refractivity contribution >= 4 is 11.6 Å². The number of rotatable bonds is 7. The zero-order valence-corrected chi connectivity index (χ0v) is 14.6. The summed E-state index contributed by atoms with van der Waals surface area (Å²) in [6, 6.07) is 13.5. The molecule has 24 heavy (non-hydrogen) atoms. The van der Waals surface area contributed by atoms with Gasteiger partial charge in [-0.3, -0.25) is 9.69 Å². The van der Waals surface area contributed by atoms with Crippen LogP contribution in [0.15, 0.2) is 42.5 Å². The highest BCUT2D eigenvalue weighted by Gasteiger charge is 2.10. The van der Waals surface area contributed by atoms with Gasteiger partial charge in [0.15, 0.2) is 11.5 Å². The van der Waals surface area contributed by atoms with Crippen molar-refractivity contribution < 1.29 is 14.3 Å². The lowest BCUT2D eigenvalue weighted by atomic mass is 10.2. The standard InChI is InChI=1S/C19H24N2O3/c1-14-5-8-16(9-6-14)20-19(22)13-21(2)12-15-7-10-17(23-3)18(11-15)24-4/h5-11H,12-13H2,1-4H3,(H,20,22). The van der Waals surface area contributed by atoms with Gasteiger partial charge in [0, 0.05) is 12.2 Å². The second kappa shape index (κ2) is 8.36. The molecule has 0 aliphatic rings. The van der Waals surface area contributed by atoms with E-state index < -0.39 is 0 Å². The van der Waals surface area contributed by atoms with Gasteiger partial charge in [0.2, 0.25) is 5.91 Å². The number of hydrogen-bond acceptors (Lipinski definition) is 4. The molecule has 0 heterocycles. The van der Waals surface area contributed by atoms with Crippen LogP contribution in [-0.4, -0.2) is 38.6 Å². The van der Waals surface area contributed by atoms with Crippen LogP contribution in [0, 0.1) is 6.92 Å².